The molecule has 0 aliphatic rings. The summed E-state index contributed by atoms with van der Waals surface area (Å²) in [7, 11) is 0.646. The van der Waals surface area contributed by atoms with Gasteiger partial charge in [-0.2, -0.15) is 13.2 Å². The number of fused-ring (bicyclic) bond motifs is 1. The van der Waals surface area contributed by atoms with Crippen molar-refractivity contribution >= 4 is 32.4 Å². The van der Waals surface area contributed by atoms with Crippen LogP contribution in [0.5, 0.6) is 0 Å². The SMILES string of the molecule is FC(F)(F)SSc1ccc2ccccc2c1. The van der Waals surface area contributed by atoms with Crippen LogP contribution < -0.4 is 0 Å². The van der Waals surface area contributed by atoms with Crippen LogP contribution in [0.15, 0.2) is 47.4 Å². The van der Waals surface area contributed by atoms with Crippen molar-refractivity contribution in [2.45, 2.75) is 10.4 Å². The normalized spacial score (nSPS) is 11.9. The van der Waals surface area contributed by atoms with E-state index in [1.165, 1.54) is 0 Å². The van der Waals surface area contributed by atoms with Gasteiger partial charge in [-0.1, -0.05) is 30.3 Å². The Morgan fingerprint density at radius 3 is 2.25 bits per heavy atom. The van der Waals surface area contributed by atoms with E-state index in [0.717, 1.165) is 21.6 Å². The second-order valence-corrected chi connectivity index (χ2v) is 5.39. The lowest BCUT2D eigenvalue weighted by atomic mass is 10.1. The standard InChI is InChI=1S/C11H7F3S2/c12-11(13,14)16-15-10-6-5-8-3-1-2-4-9(8)7-10/h1-7H. The van der Waals surface area contributed by atoms with E-state index in [-0.39, 0.29) is 10.8 Å². The average Bonchev–Trinajstić information content (AvgIpc) is 2.25. The highest BCUT2D eigenvalue weighted by Gasteiger charge is 2.29. The second-order valence-electron chi connectivity index (χ2n) is 3.12. The van der Waals surface area contributed by atoms with Crippen molar-refractivity contribution < 1.29 is 13.2 Å². The Morgan fingerprint density at radius 1 is 0.875 bits per heavy atom. The summed E-state index contributed by atoms with van der Waals surface area (Å²) in [5.74, 6) is 0. The molecule has 5 heteroatoms. The van der Waals surface area contributed by atoms with Gasteiger partial charge in [0.15, 0.2) is 0 Å². The molecule has 0 bridgehead atoms. The Morgan fingerprint density at radius 2 is 1.56 bits per heavy atom. The summed E-state index contributed by atoms with van der Waals surface area (Å²) < 4.78 is 36.0. The molecule has 0 aromatic heterocycles. The van der Waals surface area contributed by atoms with Gasteiger partial charge in [0.05, 0.1) is 0 Å². The first-order chi connectivity index (χ1) is 7.54. The smallest absolute Gasteiger partial charge is 0.160 e. The predicted molar refractivity (Wildman–Crippen MR) is 63.5 cm³/mol. The molecule has 0 atom stereocenters. The van der Waals surface area contributed by atoms with Crippen molar-refractivity contribution in [3.8, 4) is 0 Å². The first-order valence-corrected chi connectivity index (χ1v) is 6.61. The van der Waals surface area contributed by atoms with Gasteiger partial charge < -0.3 is 0 Å². The molecule has 0 heterocycles. The highest BCUT2D eigenvalue weighted by molar-refractivity contribution is 8.77. The van der Waals surface area contributed by atoms with Crippen molar-refractivity contribution in [2.24, 2.45) is 0 Å². The maximum Gasteiger partial charge on any atom is 0.452 e. The first-order valence-electron chi connectivity index (χ1n) is 4.46. The van der Waals surface area contributed by atoms with Crippen LogP contribution in [-0.2, 0) is 0 Å². The maximum atomic E-state index is 12.0. The Kier molecular flexibility index (Phi) is 3.35. The molecule has 0 nitrogen and oxygen atoms in total. The lowest BCUT2D eigenvalue weighted by Gasteiger charge is -2.05. The van der Waals surface area contributed by atoms with Gasteiger partial charge in [-0.15, -0.1) is 0 Å². The fourth-order valence-electron chi connectivity index (χ4n) is 1.31. The number of halogens is 3. The monoisotopic (exact) mass is 260 g/mol. The highest BCUT2D eigenvalue weighted by atomic mass is 33.1. The van der Waals surface area contributed by atoms with E-state index in [9.17, 15) is 13.2 Å². The predicted octanol–water partition coefficient (Wildman–Crippen LogP) is 5.10. The molecule has 0 unspecified atom stereocenters. The number of hydrogen-bond acceptors (Lipinski definition) is 2. The number of rotatable bonds is 2. The average molecular weight is 260 g/mol. The molecule has 0 amide bonds. The van der Waals surface area contributed by atoms with Crippen LogP contribution in [0.25, 0.3) is 10.8 Å². The third-order valence-corrected chi connectivity index (χ3v) is 4.07. The molecule has 0 fully saturated rings. The molecule has 0 N–H and O–H groups in total. The van der Waals surface area contributed by atoms with Crippen molar-refractivity contribution in [1.82, 2.24) is 0 Å². The summed E-state index contributed by atoms with van der Waals surface area (Å²) in [5.41, 5.74) is -4.20. The van der Waals surface area contributed by atoms with Gasteiger partial charge in [-0.3, -0.25) is 0 Å². The molecular formula is C11H7F3S2. The Labute approximate surface area is 98.6 Å². The minimum atomic E-state index is -4.20. The first kappa shape index (κ1) is 11.7. The van der Waals surface area contributed by atoms with Crippen LogP contribution >= 0.6 is 21.6 Å². The zero-order valence-electron chi connectivity index (χ0n) is 7.99. The minimum Gasteiger partial charge on any atom is -0.160 e. The molecule has 0 aliphatic heterocycles. The van der Waals surface area contributed by atoms with Crippen LogP contribution in [0.4, 0.5) is 13.2 Å². The lowest BCUT2D eigenvalue weighted by Crippen LogP contribution is -1.95. The number of benzene rings is 2. The molecule has 2 rings (SSSR count). The molecule has 2 aromatic carbocycles. The fourth-order valence-corrected chi connectivity index (χ4v) is 2.69. The summed E-state index contributed by atoms with van der Waals surface area (Å²) in [6.45, 7) is 0. The van der Waals surface area contributed by atoms with E-state index in [0.29, 0.717) is 4.90 Å². The minimum absolute atomic E-state index is 0.0881. The third-order valence-electron chi connectivity index (χ3n) is 1.95. The van der Waals surface area contributed by atoms with Crippen molar-refractivity contribution in [2.75, 3.05) is 0 Å². The Hall–Kier alpha value is -0.810. The van der Waals surface area contributed by atoms with E-state index in [2.05, 4.69) is 0 Å². The molecule has 0 saturated heterocycles. The van der Waals surface area contributed by atoms with E-state index >= 15 is 0 Å². The summed E-state index contributed by atoms with van der Waals surface area (Å²) in [5, 5.41) is 1.99. The highest BCUT2D eigenvalue weighted by Crippen LogP contribution is 2.44. The molecule has 16 heavy (non-hydrogen) atoms. The Balaban J connectivity index is 2.20. The van der Waals surface area contributed by atoms with Crippen molar-refractivity contribution in [1.29, 1.82) is 0 Å². The van der Waals surface area contributed by atoms with Gasteiger partial charge in [-0.25, -0.2) is 0 Å². The molecule has 0 saturated carbocycles. The Bertz CT molecular complexity index is 494. The molecular weight excluding hydrogens is 253 g/mol. The summed E-state index contributed by atoms with van der Waals surface area (Å²) in [6.07, 6.45) is 0. The van der Waals surface area contributed by atoms with E-state index in [4.69, 9.17) is 0 Å². The third kappa shape index (κ3) is 3.09. The molecule has 84 valence electrons. The van der Waals surface area contributed by atoms with Gasteiger partial charge >= 0.3 is 5.51 Å². The summed E-state index contributed by atoms with van der Waals surface area (Å²) in [4.78, 5) is 0.612. The van der Waals surface area contributed by atoms with Gasteiger partial charge in [0.2, 0.25) is 0 Å². The van der Waals surface area contributed by atoms with Gasteiger partial charge in [0.25, 0.3) is 0 Å². The number of hydrogen-bond donors (Lipinski definition) is 0. The van der Waals surface area contributed by atoms with Crippen LogP contribution in [0.2, 0.25) is 0 Å². The number of alkyl halides is 3. The topological polar surface area (TPSA) is 0 Å². The van der Waals surface area contributed by atoms with Gasteiger partial charge in [0.1, 0.15) is 0 Å². The van der Waals surface area contributed by atoms with Crippen molar-refractivity contribution in [3.63, 3.8) is 0 Å². The van der Waals surface area contributed by atoms with E-state index < -0.39 is 5.51 Å². The zero-order valence-corrected chi connectivity index (χ0v) is 9.62. The van der Waals surface area contributed by atoms with Crippen molar-refractivity contribution in [3.05, 3.63) is 42.5 Å². The maximum absolute atomic E-state index is 12.0. The van der Waals surface area contributed by atoms with Crippen LogP contribution in [0.1, 0.15) is 0 Å². The zero-order chi connectivity index (χ0) is 11.6. The largest absolute Gasteiger partial charge is 0.452 e. The van der Waals surface area contributed by atoms with E-state index in [1.807, 2.05) is 30.3 Å². The second kappa shape index (κ2) is 4.59. The molecule has 0 aliphatic carbocycles. The molecule has 0 spiro atoms. The van der Waals surface area contributed by atoms with Gasteiger partial charge in [0, 0.05) is 15.7 Å². The van der Waals surface area contributed by atoms with Crippen LogP contribution in [0.3, 0.4) is 0 Å². The quantitative estimate of drug-likeness (QED) is 0.689. The molecule has 0 radical (unpaired) electrons. The lowest BCUT2D eigenvalue weighted by molar-refractivity contribution is -0.0311. The van der Waals surface area contributed by atoms with Crippen LogP contribution in [0, 0.1) is 0 Å². The summed E-state index contributed by atoms with van der Waals surface area (Å²) in [6, 6.07) is 12.9. The summed E-state index contributed by atoms with van der Waals surface area (Å²) >= 11 is 0. The van der Waals surface area contributed by atoms with Gasteiger partial charge in [-0.05, 0) is 33.7 Å². The van der Waals surface area contributed by atoms with E-state index in [1.54, 1.807) is 12.1 Å². The fraction of sp³-hybridized carbons (Fsp3) is 0.0909. The molecule has 2 aromatic rings. The van der Waals surface area contributed by atoms with Crippen LogP contribution in [-0.4, -0.2) is 5.51 Å².